The largest absolute Gasteiger partial charge is 0.324 e. The molecule has 0 unspecified atom stereocenters. The SMILES string of the molecule is Cn1cc(-c2ccc3c(c2)CCCN3c2n[nH]c3c2CNCC3)cn1. The molecule has 0 saturated heterocycles. The summed E-state index contributed by atoms with van der Waals surface area (Å²) in [7, 11) is 1.96. The van der Waals surface area contributed by atoms with Gasteiger partial charge in [0.2, 0.25) is 0 Å². The molecule has 6 nitrogen and oxygen atoms in total. The molecule has 0 spiro atoms. The van der Waals surface area contributed by atoms with Crippen molar-refractivity contribution in [3.05, 3.63) is 47.4 Å². The first-order chi connectivity index (χ1) is 12.3. The minimum Gasteiger partial charge on any atom is -0.324 e. The number of aromatic amines is 1. The molecule has 0 bridgehead atoms. The van der Waals surface area contributed by atoms with E-state index in [2.05, 4.69) is 49.9 Å². The lowest BCUT2D eigenvalue weighted by molar-refractivity contribution is 0.635. The van der Waals surface area contributed by atoms with Crippen molar-refractivity contribution in [1.29, 1.82) is 0 Å². The summed E-state index contributed by atoms with van der Waals surface area (Å²) in [5, 5.41) is 15.7. The number of hydrogen-bond acceptors (Lipinski definition) is 4. The molecule has 1 aromatic carbocycles. The summed E-state index contributed by atoms with van der Waals surface area (Å²) in [4.78, 5) is 2.38. The van der Waals surface area contributed by atoms with Gasteiger partial charge >= 0.3 is 0 Å². The Morgan fingerprint density at radius 3 is 3.00 bits per heavy atom. The zero-order valence-electron chi connectivity index (χ0n) is 14.4. The summed E-state index contributed by atoms with van der Waals surface area (Å²) in [5.74, 6) is 1.09. The number of rotatable bonds is 2. The van der Waals surface area contributed by atoms with Gasteiger partial charge in [-0.25, -0.2) is 0 Å². The summed E-state index contributed by atoms with van der Waals surface area (Å²) in [6.45, 7) is 2.96. The fraction of sp³-hybridized carbons (Fsp3) is 0.368. The Hall–Kier alpha value is -2.60. The number of H-pyrrole nitrogens is 1. The highest BCUT2D eigenvalue weighted by molar-refractivity contribution is 5.73. The smallest absolute Gasteiger partial charge is 0.159 e. The van der Waals surface area contributed by atoms with Gasteiger partial charge in [0.05, 0.1) is 6.20 Å². The molecule has 0 saturated carbocycles. The van der Waals surface area contributed by atoms with Gasteiger partial charge in [0.1, 0.15) is 0 Å². The quantitative estimate of drug-likeness (QED) is 0.756. The minimum atomic E-state index is 0.904. The van der Waals surface area contributed by atoms with Gasteiger partial charge in [0, 0.05) is 61.8 Å². The zero-order chi connectivity index (χ0) is 16.8. The first-order valence-electron chi connectivity index (χ1n) is 8.96. The Labute approximate surface area is 146 Å². The van der Waals surface area contributed by atoms with E-state index in [1.54, 1.807) is 0 Å². The molecule has 2 aromatic heterocycles. The standard InChI is InChI=1S/C19H22N6/c1-24-12-15(10-21-24)13-4-5-18-14(9-13)3-2-8-25(18)19-16-11-20-7-6-17(16)22-23-19/h4-5,9-10,12,20H,2-3,6-8,11H2,1H3,(H,22,23). The molecule has 3 aromatic rings. The van der Waals surface area contributed by atoms with E-state index < -0.39 is 0 Å². The molecule has 2 N–H and O–H groups in total. The maximum Gasteiger partial charge on any atom is 0.159 e. The Morgan fingerprint density at radius 1 is 1.16 bits per heavy atom. The lowest BCUT2D eigenvalue weighted by Gasteiger charge is -2.31. The van der Waals surface area contributed by atoms with Gasteiger partial charge in [-0.3, -0.25) is 9.78 Å². The van der Waals surface area contributed by atoms with Crippen molar-refractivity contribution in [3.63, 3.8) is 0 Å². The molecular weight excluding hydrogens is 312 g/mol. The van der Waals surface area contributed by atoms with Crippen molar-refractivity contribution in [2.45, 2.75) is 25.8 Å². The van der Waals surface area contributed by atoms with Crippen molar-refractivity contribution < 1.29 is 0 Å². The Balaban J connectivity index is 1.54. The predicted octanol–water partition coefficient (Wildman–Crippen LogP) is 2.54. The average Bonchev–Trinajstić information content (AvgIpc) is 3.27. The number of benzene rings is 1. The minimum absolute atomic E-state index is 0.904. The van der Waals surface area contributed by atoms with E-state index in [0.717, 1.165) is 44.7 Å². The van der Waals surface area contributed by atoms with Crippen LogP contribution in [0.5, 0.6) is 0 Å². The second kappa shape index (κ2) is 5.74. The topological polar surface area (TPSA) is 61.8 Å². The highest BCUT2D eigenvalue weighted by Gasteiger charge is 2.25. The molecule has 5 rings (SSSR count). The van der Waals surface area contributed by atoms with Crippen LogP contribution in [0.15, 0.2) is 30.6 Å². The molecule has 0 fully saturated rings. The lowest BCUT2D eigenvalue weighted by Crippen LogP contribution is -2.28. The van der Waals surface area contributed by atoms with Crippen LogP contribution in [-0.2, 0) is 26.4 Å². The van der Waals surface area contributed by atoms with Crippen molar-refractivity contribution in [2.24, 2.45) is 7.05 Å². The Bertz CT molecular complexity index is 922. The number of aromatic nitrogens is 4. The number of nitrogens with zero attached hydrogens (tertiary/aromatic N) is 4. The summed E-state index contributed by atoms with van der Waals surface area (Å²) < 4.78 is 1.85. The first kappa shape index (κ1) is 14.7. The van der Waals surface area contributed by atoms with E-state index in [4.69, 9.17) is 0 Å². The molecule has 4 heterocycles. The monoisotopic (exact) mass is 334 g/mol. The van der Waals surface area contributed by atoms with Gasteiger partial charge in [0.15, 0.2) is 5.82 Å². The number of anilines is 2. The van der Waals surface area contributed by atoms with Crippen LogP contribution in [0.2, 0.25) is 0 Å². The summed E-state index contributed by atoms with van der Waals surface area (Å²) >= 11 is 0. The molecule has 25 heavy (non-hydrogen) atoms. The third kappa shape index (κ3) is 2.44. The predicted molar refractivity (Wildman–Crippen MR) is 98.0 cm³/mol. The summed E-state index contributed by atoms with van der Waals surface area (Å²) in [6.07, 6.45) is 7.29. The Morgan fingerprint density at radius 2 is 2.12 bits per heavy atom. The molecular formula is C19H22N6. The molecule has 2 aliphatic heterocycles. The van der Waals surface area contributed by atoms with Crippen molar-refractivity contribution in [2.75, 3.05) is 18.0 Å². The summed E-state index contributed by atoms with van der Waals surface area (Å²) in [6, 6.07) is 6.76. The maximum absolute atomic E-state index is 4.65. The Kier molecular flexibility index (Phi) is 3.38. The van der Waals surface area contributed by atoms with Crippen LogP contribution in [-0.4, -0.2) is 33.1 Å². The number of hydrogen-bond donors (Lipinski definition) is 2. The summed E-state index contributed by atoms with van der Waals surface area (Å²) in [5.41, 5.74) is 7.71. The van der Waals surface area contributed by atoms with E-state index in [-0.39, 0.29) is 0 Å². The normalized spacial score (nSPS) is 16.6. The van der Waals surface area contributed by atoms with Gasteiger partial charge in [0.25, 0.3) is 0 Å². The fourth-order valence-corrected chi connectivity index (χ4v) is 4.00. The second-order valence-electron chi connectivity index (χ2n) is 6.93. The van der Waals surface area contributed by atoms with Gasteiger partial charge in [-0.05, 0) is 36.1 Å². The van der Waals surface area contributed by atoms with E-state index in [1.165, 1.54) is 33.6 Å². The number of nitrogens with one attached hydrogen (secondary N) is 2. The van der Waals surface area contributed by atoms with Gasteiger partial charge in [-0.15, -0.1) is 0 Å². The molecule has 0 aliphatic carbocycles. The van der Waals surface area contributed by atoms with Crippen LogP contribution in [0.4, 0.5) is 11.5 Å². The van der Waals surface area contributed by atoms with Crippen molar-refractivity contribution >= 4 is 11.5 Å². The second-order valence-corrected chi connectivity index (χ2v) is 6.93. The molecule has 6 heteroatoms. The van der Waals surface area contributed by atoms with Crippen molar-refractivity contribution in [3.8, 4) is 11.1 Å². The van der Waals surface area contributed by atoms with Crippen LogP contribution < -0.4 is 10.2 Å². The van der Waals surface area contributed by atoms with E-state index in [9.17, 15) is 0 Å². The highest BCUT2D eigenvalue weighted by Crippen LogP contribution is 2.37. The van der Waals surface area contributed by atoms with Crippen molar-refractivity contribution in [1.82, 2.24) is 25.3 Å². The fourth-order valence-electron chi connectivity index (χ4n) is 4.00. The molecule has 0 amide bonds. The molecule has 0 atom stereocenters. The van der Waals surface area contributed by atoms with Crippen LogP contribution in [0.1, 0.15) is 23.2 Å². The van der Waals surface area contributed by atoms with E-state index in [0.29, 0.717) is 0 Å². The van der Waals surface area contributed by atoms with Gasteiger partial charge in [-0.2, -0.15) is 10.2 Å². The van der Waals surface area contributed by atoms with Gasteiger partial charge < -0.3 is 10.2 Å². The number of aryl methyl sites for hydroxylation is 2. The lowest BCUT2D eigenvalue weighted by atomic mass is 9.96. The zero-order valence-corrected chi connectivity index (χ0v) is 14.4. The molecule has 128 valence electrons. The molecule has 2 aliphatic rings. The van der Waals surface area contributed by atoms with E-state index in [1.807, 2.05) is 17.9 Å². The van der Waals surface area contributed by atoms with E-state index >= 15 is 0 Å². The van der Waals surface area contributed by atoms with Crippen LogP contribution in [0.25, 0.3) is 11.1 Å². The van der Waals surface area contributed by atoms with Crippen LogP contribution in [0, 0.1) is 0 Å². The first-order valence-corrected chi connectivity index (χ1v) is 8.96. The highest BCUT2D eigenvalue weighted by atomic mass is 15.3. The van der Waals surface area contributed by atoms with Crippen LogP contribution >= 0.6 is 0 Å². The molecule has 0 radical (unpaired) electrons. The maximum atomic E-state index is 4.65. The van der Waals surface area contributed by atoms with Gasteiger partial charge in [-0.1, -0.05) is 6.07 Å². The number of fused-ring (bicyclic) bond motifs is 2. The third-order valence-electron chi connectivity index (χ3n) is 5.28. The van der Waals surface area contributed by atoms with Crippen LogP contribution in [0.3, 0.4) is 0 Å². The average molecular weight is 334 g/mol. The third-order valence-corrected chi connectivity index (χ3v) is 5.28.